The van der Waals surface area contributed by atoms with Gasteiger partial charge in [0.2, 0.25) is 0 Å². The van der Waals surface area contributed by atoms with E-state index in [0.29, 0.717) is 6.04 Å². The number of piperidine rings is 1. The molecule has 0 aromatic carbocycles. The first-order valence-electron chi connectivity index (χ1n) is 6.69. The summed E-state index contributed by atoms with van der Waals surface area (Å²) in [7, 11) is 0. The molecule has 0 bridgehead atoms. The van der Waals surface area contributed by atoms with Crippen LogP contribution >= 0.6 is 0 Å². The number of hydrogen-bond acceptors (Lipinski definition) is 2. The highest BCUT2D eigenvalue weighted by Crippen LogP contribution is 2.26. The lowest BCUT2D eigenvalue weighted by Crippen LogP contribution is -2.46. The van der Waals surface area contributed by atoms with E-state index in [2.05, 4.69) is 11.8 Å². The smallest absolute Gasteiger partial charge is 0.0695 e. The minimum atomic E-state index is -0.0547. The average molecular weight is 211 g/mol. The van der Waals surface area contributed by atoms with E-state index in [0.717, 1.165) is 12.3 Å². The Morgan fingerprint density at radius 3 is 2.33 bits per heavy atom. The van der Waals surface area contributed by atoms with Gasteiger partial charge >= 0.3 is 0 Å². The maximum atomic E-state index is 10.1. The van der Waals surface area contributed by atoms with Crippen LogP contribution in [0.5, 0.6) is 0 Å². The molecular weight excluding hydrogens is 186 g/mol. The van der Waals surface area contributed by atoms with Gasteiger partial charge in [0.1, 0.15) is 0 Å². The molecule has 2 fully saturated rings. The van der Waals surface area contributed by atoms with Gasteiger partial charge in [-0.1, -0.05) is 26.2 Å². The Hall–Kier alpha value is -0.0800. The Bertz CT molecular complexity index is 187. The van der Waals surface area contributed by atoms with Crippen molar-refractivity contribution in [2.75, 3.05) is 13.1 Å². The van der Waals surface area contributed by atoms with Gasteiger partial charge in [0.05, 0.1) is 6.10 Å². The molecule has 1 saturated carbocycles. The fraction of sp³-hybridized carbons (Fsp3) is 1.00. The summed E-state index contributed by atoms with van der Waals surface area (Å²) in [6.07, 6.45) is 8.69. The van der Waals surface area contributed by atoms with Gasteiger partial charge in [0, 0.05) is 6.04 Å². The number of aliphatic hydroxyl groups is 1. The lowest BCUT2D eigenvalue weighted by Gasteiger charge is -2.38. The molecule has 1 aliphatic heterocycles. The Morgan fingerprint density at radius 2 is 1.60 bits per heavy atom. The van der Waals surface area contributed by atoms with Crippen LogP contribution in [-0.4, -0.2) is 35.2 Å². The van der Waals surface area contributed by atoms with Crippen molar-refractivity contribution in [2.45, 2.75) is 64.0 Å². The van der Waals surface area contributed by atoms with Gasteiger partial charge in [-0.15, -0.1) is 0 Å². The highest BCUT2D eigenvalue weighted by Gasteiger charge is 2.29. The van der Waals surface area contributed by atoms with Crippen LogP contribution in [-0.2, 0) is 0 Å². The maximum Gasteiger partial charge on any atom is 0.0695 e. The molecule has 1 heterocycles. The van der Waals surface area contributed by atoms with Crippen molar-refractivity contribution in [3.05, 3.63) is 0 Å². The summed E-state index contributed by atoms with van der Waals surface area (Å²) < 4.78 is 0. The molecule has 0 aromatic rings. The molecule has 2 rings (SSSR count). The quantitative estimate of drug-likeness (QED) is 0.673. The summed E-state index contributed by atoms with van der Waals surface area (Å²) in [5.41, 5.74) is 0. The number of hydrogen-bond donors (Lipinski definition) is 1. The zero-order valence-electron chi connectivity index (χ0n) is 9.99. The molecule has 2 atom stereocenters. The van der Waals surface area contributed by atoms with Crippen molar-refractivity contribution in [2.24, 2.45) is 5.92 Å². The Morgan fingerprint density at radius 1 is 0.933 bits per heavy atom. The van der Waals surface area contributed by atoms with Crippen molar-refractivity contribution in [3.8, 4) is 0 Å². The van der Waals surface area contributed by atoms with Crippen LogP contribution in [0.2, 0.25) is 0 Å². The van der Waals surface area contributed by atoms with E-state index in [1.165, 1.54) is 51.6 Å². The summed E-state index contributed by atoms with van der Waals surface area (Å²) in [4.78, 5) is 2.55. The largest absolute Gasteiger partial charge is 0.391 e. The van der Waals surface area contributed by atoms with Gasteiger partial charge in [0.15, 0.2) is 0 Å². The van der Waals surface area contributed by atoms with E-state index in [-0.39, 0.29) is 6.10 Å². The Balaban J connectivity index is 1.89. The van der Waals surface area contributed by atoms with Crippen LogP contribution < -0.4 is 0 Å². The van der Waals surface area contributed by atoms with Crippen LogP contribution in [0, 0.1) is 5.92 Å². The summed E-state index contributed by atoms with van der Waals surface area (Å²) in [5, 5.41) is 10.1. The molecule has 0 amide bonds. The predicted molar refractivity (Wildman–Crippen MR) is 62.9 cm³/mol. The highest BCUT2D eigenvalue weighted by atomic mass is 16.3. The van der Waals surface area contributed by atoms with Crippen molar-refractivity contribution >= 4 is 0 Å². The molecule has 0 radical (unpaired) electrons. The third-order valence-corrected chi connectivity index (χ3v) is 4.23. The molecule has 1 saturated heterocycles. The van der Waals surface area contributed by atoms with E-state index >= 15 is 0 Å². The lowest BCUT2D eigenvalue weighted by molar-refractivity contribution is 0.0267. The second kappa shape index (κ2) is 5.31. The van der Waals surface area contributed by atoms with Crippen LogP contribution in [0.1, 0.15) is 51.9 Å². The van der Waals surface area contributed by atoms with E-state index in [9.17, 15) is 5.11 Å². The van der Waals surface area contributed by atoms with E-state index in [1.807, 2.05) is 0 Å². The molecule has 0 spiro atoms. The topological polar surface area (TPSA) is 23.5 Å². The minimum absolute atomic E-state index is 0.0547. The molecular formula is C13H25NO. The predicted octanol–water partition coefficient (Wildman–Crippen LogP) is 2.41. The van der Waals surface area contributed by atoms with Crippen molar-refractivity contribution < 1.29 is 5.11 Å². The van der Waals surface area contributed by atoms with Crippen LogP contribution in [0.15, 0.2) is 0 Å². The molecule has 15 heavy (non-hydrogen) atoms. The van der Waals surface area contributed by atoms with Crippen molar-refractivity contribution in [1.82, 2.24) is 4.90 Å². The van der Waals surface area contributed by atoms with E-state index in [4.69, 9.17) is 0 Å². The third kappa shape index (κ3) is 2.94. The van der Waals surface area contributed by atoms with Crippen molar-refractivity contribution in [3.63, 3.8) is 0 Å². The van der Waals surface area contributed by atoms with Crippen LogP contribution in [0.25, 0.3) is 0 Å². The molecule has 2 unspecified atom stereocenters. The van der Waals surface area contributed by atoms with Crippen LogP contribution in [0.4, 0.5) is 0 Å². The lowest BCUT2D eigenvalue weighted by atomic mass is 9.95. The first-order chi connectivity index (χ1) is 7.27. The zero-order chi connectivity index (χ0) is 10.7. The highest BCUT2D eigenvalue weighted by molar-refractivity contribution is 4.84. The minimum Gasteiger partial charge on any atom is -0.391 e. The van der Waals surface area contributed by atoms with Gasteiger partial charge in [-0.2, -0.15) is 0 Å². The standard InChI is InChI=1S/C13H25NO/c1-11-7-9-14(10-8-11)12-5-3-2-4-6-13(12)15/h11-13,15H,2-10H2,1H3. The number of likely N-dealkylation sites (tertiary alicyclic amines) is 1. The van der Waals surface area contributed by atoms with Crippen molar-refractivity contribution in [1.29, 1.82) is 0 Å². The second-order valence-corrected chi connectivity index (χ2v) is 5.49. The first-order valence-corrected chi connectivity index (χ1v) is 6.69. The molecule has 0 aromatic heterocycles. The van der Waals surface area contributed by atoms with Gasteiger partial charge in [0.25, 0.3) is 0 Å². The third-order valence-electron chi connectivity index (χ3n) is 4.23. The molecule has 1 aliphatic carbocycles. The number of rotatable bonds is 1. The molecule has 2 aliphatic rings. The molecule has 88 valence electrons. The Kier molecular flexibility index (Phi) is 4.04. The first kappa shape index (κ1) is 11.4. The van der Waals surface area contributed by atoms with Gasteiger partial charge < -0.3 is 5.11 Å². The average Bonchev–Trinajstić information content (AvgIpc) is 2.44. The summed E-state index contributed by atoms with van der Waals surface area (Å²) >= 11 is 0. The summed E-state index contributed by atoms with van der Waals surface area (Å²) in [5.74, 6) is 0.893. The van der Waals surface area contributed by atoms with Gasteiger partial charge in [-0.25, -0.2) is 0 Å². The fourth-order valence-corrected chi connectivity index (χ4v) is 3.05. The van der Waals surface area contributed by atoms with E-state index < -0.39 is 0 Å². The van der Waals surface area contributed by atoms with E-state index in [1.54, 1.807) is 0 Å². The SMILES string of the molecule is CC1CCN(C2CCCCCC2O)CC1. The van der Waals surface area contributed by atoms with Gasteiger partial charge in [-0.05, 0) is 44.7 Å². The summed E-state index contributed by atoms with van der Waals surface area (Å²) in [6, 6.07) is 0.472. The molecule has 1 N–H and O–H groups in total. The summed E-state index contributed by atoms with van der Waals surface area (Å²) in [6.45, 7) is 4.77. The molecule has 2 nitrogen and oxygen atoms in total. The fourth-order valence-electron chi connectivity index (χ4n) is 3.05. The zero-order valence-corrected chi connectivity index (χ0v) is 9.99. The van der Waals surface area contributed by atoms with Gasteiger partial charge in [-0.3, -0.25) is 4.90 Å². The monoisotopic (exact) mass is 211 g/mol. The maximum absolute atomic E-state index is 10.1. The Labute approximate surface area is 93.7 Å². The number of aliphatic hydroxyl groups excluding tert-OH is 1. The van der Waals surface area contributed by atoms with Crippen LogP contribution in [0.3, 0.4) is 0 Å². The number of nitrogens with zero attached hydrogens (tertiary/aromatic N) is 1. The normalized spacial score (nSPS) is 36.4. The second-order valence-electron chi connectivity index (χ2n) is 5.49. The molecule has 2 heteroatoms.